The van der Waals surface area contributed by atoms with E-state index in [2.05, 4.69) is 20.8 Å². The number of carbonyl (C=O) groups is 1. The molecule has 0 saturated carbocycles. The van der Waals surface area contributed by atoms with E-state index < -0.39 is 0 Å². The van der Waals surface area contributed by atoms with Crippen molar-refractivity contribution in [3.63, 3.8) is 0 Å². The van der Waals surface area contributed by atoms with E-state index in [0.29, 0.717) is 11.4 Å². The van der Waals surface area contributed by atoms with Crippen LogP contribution in [0.15, 0.2) is 12.3 Å². The van der Waals surface area contributed by atoms with Crippen molar-refractivity contribution in [1.29, 1.82) is 0 Å². The Hall–Kier alpha value is -1.45. The zero-order valence-electron chi connectivity index (χ0n) is 10.7. The molecule has 0 aliphatic rings. The van der Waals surface area contributed by atoms with Crippen molar-refractivity contribution in [3.8, 4) is 0 Å². The van der Waals surface area contributed by atoms with Gasteiger partial charge in [-0.05, 0) is 26.3 Å². The lowest BCUT2D eigenvalue weighted by atomic mass is 9.99. The summed E-state index contributed by atoms with van der Waals surface area (Å²) in [4.78, 5) is 14.0. The lowest BCUT2D eigenvalue weighted by Gasteiger charge is -2.34. The van der Waals surface area contributed by atoms with Crippen molar-refractivity contribution in [3.05, 3.63) is 18.0 Å². The van der Waals surface area contributed by atoms with Gasteiger partial charge in [-0.1, -0.05) is 6.92 Å². The summed E-state index contributed by atoms with van der Waals surface area (Å²) in [5.41, 5.74) is 6.77. The minimum absolute atomic E-state index is 0.00560. The van der Waals surface area contributed by atoms with Crippen molar-refractivity contribution in [2.75, 3.05) is 12.8 Å². The molecule has 1 amide bonds. The maximum absolute atomic E-state index is 12.2. The minimum Gasteiger partial charge on any atom is -0.397 e. The highest BCUT2D eigenvalue weighted by atomic mass is 16.2. The SMILES string of the molecule is CCC(C)(C)N(C)C(=O)c1cc(N)cn1C. The molecule has 0 fully saturated rings. The number of amides is 1. The number of anilines is 1. The number of nitrogens with zero attached hydrogens (tertiary/aromatic N) is 2. The molecule has 0 unspecified atom stereocenters. The van der Waals surface area contributed by atoms with E-state index in [1.807, 2.05) is 14.1 Å². The summed E-state index contributed by atoms with van der Waals surface area (Å²) in [6, 6.07) is 1.71. The quantitative estimate of drug-likeness (QED) is 0.850. The highest BCUT2D eigenvalue weighted by Gasteiger charge is 2.27. The fraction of sp³-hybridized carbons (Fsp3) is 0.583. The zero-order chi connectivity index (χ0) is 12.5. The monoisotopic (exact) mass is 223 g/mol. The van der Waals surface area contributed by atoms with Crippen LogP contribution in [0.1, 0.15) is 37.7 Å². The summed E-state index contributed by atoms with van der Waals surface area (Å²) < 4.78 is 1.76. The van der Waals surface area contributed by atoms with Crippen LogP contribution in [0, 0.1) is 0 Å². The molecule has 1 heterocycles. The molecule has 0 spiro atoms. The van der Waals surface area contributed by atoms with Gasteiger partial charge in [-0.3, -0.25) is 4.79 Å². The van der Waals surface area contributed by atoms with Crippen molar-refractivity contribution in [1.82, 2.24) is 9.47 Å². The minimum atomic E-state index is -0.143. The number of hydrogen-bond acceptors (Lipinski definition) is 2. The fourth-order valence-electron chi connectivity index (χ4n) is 1.49. The second-order valence-corrected chi connectivity index (χ2v) is 4.80. The Morgan fingerprint density at radius 1 is 1.56 bits per heavy atom. The Morgan fingerprint density at radius 2 is 2.12 bits per heavy atom. The number of aromatic nitrogens is 1. The first-order valence-electron chi connectivity index (χ1n) is 5.49. The van der Waals surface area contributed by atoms with E-state index in [1.54, 1.807) is 21.7 Å². The van der Waals surface area contributed by atoms with Gasteiger partial charge in [0.1, 0.15) is 5.69 Å². The largest absolute Gasteiger partial charge is 0.397 e. The second kappa shape index (κ2) is 4.20. The first-order chi connectivity index (χ1) is 7.29. The predicted molar refractivity (Wildman–Crippen MR) is 66.3 cm³/mol. The van der Waals surface area contributed by atoms with Gasteiger partial charge >= 0.3 is 0 Å². The van der Waals surface area contributed by atoms with Crippen LogP contribution < -0.4 is 5.73 Å². The lowest BCUT2D eigenvalue weighted by molar-refractivity contribution is 0.0610. The third-order valence-electron chi connectivity index (χ3n) is 3.32. The van der Waals surface area contributed by atoms with E-state index in [-0.39, 0.29) is 11.4 Å². The van der Waals surface area contributed by atoms with Gasteiger partial charge in [-0.2, -0.15) is 0 Å². The van der Waals surface area contributed by atoms with Gasteiger partial charge in [-0.15, -0.1) is 0 Å². The molecule has 4 nitrogen and oxygen atoms in total. The molecular formula is C12H21N3O. The molecule has 1 aromatic rings. The molecule has 0 aliphatic carbocycles. The molecular weight excluding hydrogens is 202 g/mol. The Morgan fingerprint density at radius 3 is 2.50 bits per heavy atom. The van der Waals surface area contributed by atoms with Gasteiger partial charge in [-0.25, -0.2) is 0 Å². The molecule has 2 N–H and O–H groups in total. The maximum atomic E-state index is 12.2. The van der Waals surface area contributed by atoms with Gasteiger partial charge in [0.05, 0.1) is 5.69 Å². The highest BCUT2D eigenvalue weighted by Crippen LogP contribution is 2.20. The van der Waals surface area contributed by atoms with Crippen molar-refractivity contribution in [2.45, 2.75) is 32.7 Å². The van der Waals surface area contributed by atoms with E-state index in [9.17, 15) is 4.79 Å². The molecule has 4 heteroatoms. The molecule has 0 radical (unpaired) electrons. The van der Waals surface area contributed by atoms with Crippen LogP contribution in [0.5, 0.6) is 0 Å². The van der Waals surface area contributed by atoms with Crippen LogP contribution in [-0.4, -0.2) is 28.0 Å². The Bertz CT molecular complexity index is 393. The number of rotatable bonds is 3. The van der Waals surface area contributed by atoms with Crippen molar-refractivity contribution >= 4 is 11.6 Å². The number of carbonyl (C=O) groups excluding carboxylic acids is 1. The Kier molecular flexibility index (Phi) is 3.31. The van der Waals surface area contributed by atoms with Crippen LogP contribution in [0.2, 0.25) is 0 Å². The predicted octanol–water partition coefficient (Wildman–Crippen LogP) is 1.87. The topological polar surface area (TPSA) is 51.3 Å². The molecule has 16 heavy (non-hydrogen) atoms. The Labute approximate surface area is 97.0 Å². The molecule has 90 valence electrons. The fourth-order valence-corrected chi connectivity index (χ4v) is 1.49. The van der Waals surface area contributed by atoms with Gasteiger partial charge in [0.15, 0.2) is 0 Å². The highest BCUT2D eigenvalue weighted by molar-refractivity contribution is 5.94. The van der Waals surface area contributed by atoms with E-state index in [4.69, 9.17) is 5.73 Å². The average Bonchev–Trinajstić information content (AvgIpc) is 2.55. The molecule has 1 rings (SSSR count). The molecule has 0 bridgehead atoms. The first kappa shape index (κ1) is 12.6. The number of nitrogens with two attached hydrogens (primary N) is 1. The summed E-state index contributed by atoms with van der Waals surface area (Å²) in [5.74, 6) is 0.00560. The number of nitrogen functional groups attached to an aromatic ring is 1. The van der Waals surface area contributed by atoms with Crippen LogP contribution in [0.25, 0.3) is 0 Å². The van der Waals surface area contributed by atoms with Crippen LogP contribution in [0.3, 0.4) is 0 Å². The second-order valence-electron chi connectivity index (χ2n) is 4.80. The summed E-state index contributed by atoms with van der Waals surface area (Å²) in [6.07, 6.45) is 2.66. The lowest BCUT2D eigenvalue weighted by Crippen LogP contribution is -2.45. The molecule has 1 aromatic heterocycles. The maximum Gasteiger partial charge on any atom is 0.270 e. The summed E-state index contributed by atoms with van der Waals surface area (Å²) in [7, 11) is 3.66. The summed E-state index contributed by atoms with van der Waals surface area (Å²) in [6.45, 7) is 6.18. The van der Waals surface area contributed by atoms with Gasteiger partial charge in [0, 0.05) is 25.8 Å². The number of hydrogen-bond donors (Lipinski definition) is 1. The summed E-state index contributed by atoms with van der Waals surface area (Å²) >= 11 is 0. The smallest absolute Gasteiger partial charge is 0.270 e. The molecule has 0 aliphatic heterocycles. The third-order valence-corrected chi connectivity index (χ3v) is 3.32. The number of aryl methyl sites for hydroxylation is 1. The summed E-state index contributed by atoms with van der Waals surface area (Å²) in [5, 5.41) is 0. The molecule has 0 atom stereocenters. The van der Waals surface area contributed by atoms with E-state index >= 15 is 0 Å². The van der Waals surface area contributed by atoms with Crippen LogP contribution >= 0.6 is 0 Å². The molecule has 0 saturated heterocycles. The average molecular weight is 223 g/mol. The van der Waals surface area contributed by atoms with Crippen molar-refractivity contribution in [2.24, 2.45) is 7.05 Å². The first-order valence-corrected chi connectivity index (χ1v) is 5.49. The van der Waals surface area contributed by atoms with E-state index in [1.165, 1.54) is 0 Å². The van der Waals surface area contributed by atoms with Gasteiger partial charge in [0.25, 0.3) is 5.91 Å². The van der Waals surface area contributed by atoms with Crippen LogP contribution in [0.4, 0.5) is 5.69 Å². The Balaban J connectivity index is 2.99. The standard InChI is InChI=1S/C12H21N3O/c1-6-12(2,3)15(5)11(16)10-7-9(13)8-14(10)4/h7-8H,6,13H2,1-5H3. The zero-order valence-corrected chi connectivity index (χ0v) is 10.7. The third kappa shape index (κ3) is 2.21. The van der Waals surface area contributed by atoms with Gasteiger partial charge in [0.2, 0.25) is 0 Å². The van der Waals surface area contributed by atoms with E-state index in [0.717, 1.165) is 6.42 Å². The molecule has 0 aromatic carbocycles. The normalized spacial score (nSPS) is 11.6. The van der Waals surface area contributed by atoms with Gasteiger partial charge < -0.3 is 15.2 Å². The van der Waals surface area contributed by atoms with Crippen LogP contribution in [-0.2, 0) is 7.05 Å². The van der Waals surface area contributed by atoms with Crippen molar-refractivity contribution < 1.29 is 4.79 Å².